The number of piperazine rings is 1. The molecule has 94 valence electrons. The van der Waals surface area contributed by atoms with E-state index in [0.717, 1.165) is 45.2 Å². The Hall–Kier alpha value is -0.120. The Morgan fingerprint density at radius 1 is 1.38 bits per heavy atom. The zero-order chi connectivity index (χ0) is 11.4. The van der Waals surface area contributed by atoms with Gasteiger partial charge in [0.25, 0.3) is 0 Å². The van der Waals surface area contributed by atoms with Gasteiger partial charge in [-0.3, -0.25) is 4.90 Å². The van der Waals surface area contributed by atoms with E-state index in [-0.39, 0.29) is 0 Å². The SMILES string of the molecule is CCCOCCN1CCNCC1(C)C1CC1. The van der Waals surface area contributed by atoms with Gasteiger partial charge in [0.05, 0.1) is 6.61 Å². The van der Waals surface area contributed by atoms with Gasteiger partial charge in [-0.1, -0.05) is 6.92 Å². The van der Waals surface area contributed by atoms with Gasteiger partial charge in [-0.2, -0.15) is 0 Å². The molecule has 3 nitrogen and oxygen atoms in total. The van der Waals surface area contributed by atoms with E-state index >= 15 is 0 Å². The van der Waals surface area contributed by atoms with Gasteiger partial charge >= 0.3 is 0 Å². The van der Waals surface area contributed by atoms with Crippen LogP contribution in [0.5, 0.6) is 0 Å². The van der Waals surface area contributed by atoms with Crippen LogP contribution in [0.4, 0.5) is 0 Å². The molecule has 0 spiro atoms. The first-order valence-corrected chi connectivity index (χ1v) is 6.81. The highest BCUT2D eigenvalue weighted by Gasteiger charge is 2.46. The highest BCUT2D eigenvalue weighted by atomic mass is 16.5. The molecular formula is C13H26N2O. The van der Waals surface area contributed by atoms with Crippen LogP contribution in [0.1, 0.15) is 33.1 Å². The minimum absolute atomic E-state index is 0.397. The molecule has 1 saturated carbocycles. The third-order valence-corrected chi connectivity index (χ3v) is 4.07. The molecule has 3 heteroatoms. The first kappa shape index (κ1) is 12.3. The normalized spacial score (nSPS) is 31.9. The number of nitrogens with one attached hydrogen (secondary N) is 1. The van der Waals surface area contributed by atoms with Crippen molar-refractivity contribution in [2.75, 3.05) is 39.4 Å². The van der Waals surface area contributed by atoms with Crippen molar-refractivity contribution in [3.63, 3.8) is 0 Å². The van der Waals surface area contributed by atoms with E-state index in [2.05, 4.69) is 24.1 Å². The monoisotopic (exact) mass is 226 g/mol. The summed E-state index contributed by atoms with van der Waals surface area (Å²) in [5.74, 6) is 0.923. The Balaban J connectivity index is 1.80. The minimum Gasteiger partial charge on any atom is -0.380 e. The van der Waals surface area contributed by atoms with Gasteiger partial charge in [-0.15, -0.1) is 0 Å². The Morgan fingerprint density at radius 3 is 2.88 bits per heavy atom. The van der Waals surface area contributed by atoms with Crippen molar-refractivity contribution in [1.29, 1.82) is 0 Å². The molecule has 0 aromatic carbocycles. The molecule has 16 heavy (non-hydrogen) atoms. The van der Waals surface area contributed by atoms with Crippen molar-refractivity contribution in [2.45, 2.75) is 38.6 Å². The average molecular weight is 226 g/mol. The third-order valence-electron chi connectivity index (χ3n) is 4.07. The molecule has 2 aliphatic rings. The topological polar surface area (TPSA) is 24.5 Å². The van der Waals surface area contributed by atoms with Crippen LogP contribution in [0.3, 0.4) is 0 Å². The molecule has 1 aliphatic heterocycles. The van der Waals surface area contributed by atoms with Crippen LogP contribution >= 0.6 is 0 Å². The largest absolute Gasteiger partial charge is 0.380 e. The molecule has 2 fully saturated rings. The Labute approximate surface area is 99.5 Å². The molecule has 1 saturated heterocycles. The van der Waals surface area contributed by atoms with E-state index < -0.39 is 0 Å². The molecule has 1 heterocycles. The van der Waals surface area contributed by atoms with Crippen molar-refractivity contribution in [3.8, 4) is 0 Å². The first-order chi connectivity index (χ1) is 7.77. The standard InChI is InChI=1S/C13H26N2O/c1-3-9-16-10-8-15-7-6-14-11-13(15,2)12-4-5-12/h12,14H,3-11H2,1-2H3. The van der Waals surface area contributed by atoms with E-state index in [1.165, 1.54) is 19.4 Å². The van der Waals surface area contributed by atoms with E-state index in [0.29, 0.717) is 5.54 Å². The molecule has 1 N–H and O–H groups in total. The van der Waals surface area contributed by atoms with Crippen molar-refractivity contribution < 1.29 is 4.74 Å². The van der Waals surface area contributed by atoms with Gasteiger partial charge in [0.1, 0.15) is 0 Å². The van der Waals surface area contributed by atoms with Gasteiger partial charge in [0.15, 0.2) is 0 Å². The molecule has 2 rings (SSSR count). The van der Waals surface area contributed by atoms with Crippen LogP contribution in [0, 0.1) is 5.92 Å². The molecule has 1 unspecified atom stereocenters. The maximum Gasteiger partial charge on any atom is 0.0593 e. The Bertz CT molecular complexity index is 218. The van der Waals surface area contributed by atoms with Gasteiger partial charge in [-0.05, 0) is 32.1 Å². The molecular weight excluding hydrogens is 200 g/mol. The lowest BCUT2D eigenvalue weighted by Crippen LogP contribution is -2.61. The average Bonchev–Trinajstić information content (AvgIpc) is 3.11. The van der Waals surface area contributed by atoms with Crippen LogP contribution in [-0.4, -0.2) is 49.8 Å². The van der Waals surface area contributed by atoms with Crippen LogP contribution < -0.4 is 5.32 Å². The smallest absolute Gasteiger partial charge is 0.0593 e. The fourth-order valence-corrected chi connectivity index (χ4v) is 2.82. The summed E-state index contributed by atoms with van der Waals surface area (Å²) in [6.45, 7) is 11.0. The second-order valence-electron chi connectivity index (χ2n) is 5.41. The molecule has 0 radical (unpaired) electrons. The zero-order valence-electron chi connectivity index (χ0n) is 10.8. The van der Waals surface area contributed by atoms with Gasteiger partial charge < -0.3 is 10.1 Å². The van der Waals surface area contributed by atoms with Gasteiger partial charge in [0, 0.05) is 38.3 Å². The summed E-state index contributed by atoms with van der Waals surface area (Å²) in [4.78, 5) is 2.65. The maximum atomic E-state index is 5.62. The summed E-state index contributed by atoms with van der Waals surface area (Å²) in [7, 11) is 0. The van der Waals surface area contributed by atoms with E-state index in [4.69, 9.17) is 4.74 Å². The lowest BCUT2D eigenvalue weighted by molar-refractivity contribution is 0.0218. The summed E-state index contributed by atoms with van der Waals surface area (Å²) < 4.78 is 5.62. The minimum atomic E-state index is 0.397. The van der Waals surface area contributed by atoms with E-state index in [1.807, 2.05) is 0 Å². The van der Waals surface area contributed by atoms with Gasteiger partial charge in [-0.25, -0.2) is 0 Å². The van der Waals surface area contributed by atoms with Gasteiger partial charge in [0.2, 0.25) is 0 Å². The molecule has 0 aromatic rings. The summed E-state index contributed by atoms with van der Waals surface area (Å²) in [6.07, 6.45) is 3.97. The summed E-state index contributed by atoms with van der Waals surface area (Å²) in [5, 5.41) is 3.55. The maximum absolute atomic E-state index is 5.62. The second kappa shape index (κ2) is 5.48. The van der Waals surface area contributed by atoms with Crippen molar-refractivity contribution >= 4 is 0 Å². The lowest BCUT2D eigenvalue weighted by Gasteiger charge is -2.45. The zero-order valence-corrected chi connectivity index (χ0v) is 10.8. The molecule has 0 aromatic heterocycles. The van der Waals surface area contributed by atoms with E-state index in [9.17, 15) is 0 Å². The van der Waals surface area contributed by atoms with Crippen LogP contribution in [0.25, 0.3) is 0 Å². The van der Waals surface area contributed by atoms with Crippen molar-refractivity contribution in [3.05, 3.63) is 0 Å². The Kier molecular flexibility index (Phi) is 4.22. The number of nitrogens with zero attached hydrogens (tertiary/aromatic N) is 1. The lowest BCUT2D eigenvalue weighted by atomic mass is 9.91. The fraction of sp³-hybridized carbons (Fsp3) is 1.00. The predicted octanol–water partition coefficient (Wildman–Crippen LogP) is 1.49. The number of ether oxygens (including phenoxy) is 1. The van der Waals surface area contributed by atoms with Crippen molar-refractivity contribution in [1.82, 2.24) is 10.2 Å². The quantitative estimate of drug-likeness (QED) is 0.694. The summed E-state index contributed by atoms with van der Waals surface area (Å²) >= 11 is 0. The number of hydrogen-bond acceptors (Lipinski definition) is 3. The van der Waals surface area contributed by atoms with Crippen LogP contribution in [0.15, 0.2) is 0 Å². The molecule has 0 bridgehead atoms. The summed E-state index contributed by atoms with van der Waals surface area (Å²) in [5.41, 5.74) is 0.397. The third kappa shape index (κ3) is 2.76. The second-order valence-corrected chi connectivity index (χ2v) is 5.41. The van der Waals surface area contributed by atoms with Crippen LogP contribution in [-0.2, 0) is 4.74 Å². The first-order valence-electron chi connectivity index (χ1n) is 6.81. The summed E-state index contributed by atoms with van der Waals surface area (Å²) in [6, 6.07) is 0. The highest BCUT2D eigenvalue weighted by molar-refractivity contribution is 5.02. The van der Waals surface area contributed by atoms with E-state index in [1.54, 1.807) is 0 Å². The number of rotatable bonds is 6. The molecule has 1 atom stereocenters. The predicted molar refractivity (Wildman–Crippen MR) is 66.7 cm³/mol. The van der Waals surface area contributed by atoms with Crippen LogP contribution in [0.2, 0.25) is 0 Å². The van der Waals surface area contributed by atoms with Crippen molar-refractivity contribution in [2.24, 2.45) is 5.92 Å². The molecule has 1 aliphatic carbocycles. The number of hydrogen-bond donors (Lipinski definition) is 1. The fourth-order valence-electron chi connectivity index (χ4n) is 2.82. The Morgan fingerprint density at radius 2 is 2.19 bits per heavy atom. The highest BCUT2D eigenvalue weighted by Crippen LogP contribution is 2.43. The molecule has 0 amide bonds.